The molecule has 0 spiro atoms. The number of hydrogen-bond acceptors (Lipinski definition) is 2. The van der Waals surface area contributed by atoms with Gasteiger partial charge in [-0.3, -0.25) is 0 Å². The van der Waals surface area contributed by atoms with Crippen LogP contribution in [0, 0.1) is 6.92 Å². The number of rotatable bonds is 3. The van der Waals surface area contributed by atoms with Crippen LogP contribution in [0.2, 0.25) is 0 Å². The number of alkyl halides is 3. The summed E-state index contributed by atoms with van der Waals surface area (Å²) in [5, 5.41) is 0. The second-order valence-electron chi connectivity index (χ2n) is 6.17. The molecule has 2 nitrogen and oxygen atoms in total. The van der Waals surface area contributed by atoms with Gasteiger partial charge in [0.25, 0.3) is 0 Å². The van der Waals surface area contributed by atoms with E-state index in [9.17, 15) is 13.2 Å². The average Bonchev–Trinajstić information content (AvgIpc) is 2.23. The Morgan fingerprint density at radius 3 is 2.05 bits per heavy atom. The number of ether oxygens (including phenoxy) is 1. The Morgan fingerprint density at radius 1 is 1.15 bits per heavy atom. The van der Waals surface area contributed by atoms with Crippen LogP contribution >= 0.6 is 0 Å². The summed E-state index contributed by atoms with van der Waals surface area (Å²) in [5.41, 5.74) is 7.03. The van der Waals surface area contributed by atoms with Crippen molar-refractivity contribution >= 4 is 0 Å². The van der Waals surface area contributed by atoms with Crippen molar-refractivity contribution in [2.75, 3.05) is 0 Å². The van der Waals surface area contributed by atoms with Crippen molar-refractivity contribution in [1.82, 2.24) is 0 Å². The molecule has 2 atom stereocenters. The Balaban J connectivity index is 3.04. The fraction of sp³-hybridized carbons (Fsp3) is 0.600. The standard InChI is InChI=1S/C15H22F3NO/c1-9-8-11(14(3,4)5)6-7-12(9)20-13(10(2)19)15(16,17)18/h6-8,10,13H,19H2,1-5H3. The number of hydrogen-bond donors (Lipinski definition) is 1. The van der Waals surface area contributed by atoms with Crippen molar-refractivity contribution < 1.29 is 17.9 Å². The van der Waals surface area contributed by atoms with Crippen molar-refractivity contribution in [3.05, 3.63) is 29.3 Å². The first-order valence-electron chi connectivity index (χ1n) is 6.53. The topological polar surface area (TPSA) is 35.2 Å². The van der Waals surface area contributed by atoms with E-state index in [0.29, 0.717) is 5.56 Å². The highest BCUT2D eigenvalue weighted by molar-refractivity contribution is 5.39. The van der Waals surface area contributed by atoms with E-state index >= 15 is 0 Å². The molecule has 2 N–H and O–H groups in total. The maximum Gasteiger partial charge on any atom is 0.426 e. The molecule has 0 aliphatic heterocycles. The van der Waals surface area contributed by atoms with Gasteiger partial charge in [-0.05, 0) is 36.5 Å². The van der Waals surface area contributed by atoms with E-state index in [0.717, 1.165) is 5.56 Å². The third kappa shape index (κ3) is 4.13. The van der Waals surface area contributed by atoms with Crippen molar-refractivity contribution in [3.8, 4) is 5.75 Å². The Hall–Kier alpha value is -1.23. The van der Waals surface area contributed by atoms with E-state index in [-0.39, 0.29) is 11.2 Å². The van der Waals surface area contributed by atoms with Gasteiger partial charge in [0.2, 0.25) is 6.10 Å². The van der Waals surface area contributed by atoms with Crippen LogP contribution in [0.25, 0.3) is 0 Å². The zero-order valence-corrected chi connectivity index (χ0v) is 12.5. The summed E-state index contributed by atoms with van der Waals surface area (Å²) in [6, 6.07) is 4.09. The van der Waals surface area contributed by atoms with Crippen molar-refractivity contribution in [1.29, 1.82) is 0 Å². The molecule has 0 saturated carbocycles. The first kappa shape index (κ1) is 16.8. The lowest BCUT2D eigenvalue weighted by Gasteiger charge is -2.26. The van der Waals surface area contributed by atoms with E-state index in [4.69, 9.17) is 10.5 Å². The predicted molar refractivity (Wildman–Crippen MR) is 74.0 cm³/mol. The van der Waals surface area contributed by atoms with E-state index in [2.05, 4.69) is 0 Å². The zero-order valence-electron chi connectivity index (χ0n) is 12.5. The molecule has 2 unspecified atom stereocenters. The monoisotopic (exact) mass is 289 g/mol. The third-order valence-corrected chi connectivity index (χ3v) is 3.10. The summed E-state index contributed by atoms with van der Waals surface area (Å²) in [6.45, 7) is 9.16. The minimum Gasteiger partial charge on any atom is -0.479 e. The molecule has 0 bridgehead atoms. The lowest BCUT2D eigenvalue weighted by molar-refractivity contribution is -0.199. The van der Waals surface area contributed by atoms with Gasteiger partial charge in [0.15, 0.2) is 0 Å². The number of benzene rings is 1. The fourth-order valence-corrected chi connectivity index (χ4v) is 1.86. The number of aryl methyl sites for hydroxylation is 1. The highest BCUT2D eigenvalue weighted by Gasteiger charge is 2.44. The van der Waals surface area contributed by atoms with Gasteiger partial charge in [0, 0.05) is 6.04 Å². The van der Waals surface area contributed by atoms with Crippen LogP contribution in [-0.4, -0.2) is 18.3 Å². The van der Waals surface area contributed by atoms with Gasteiger partial charge in [-0.1, -0.05) is 32.9 Å². The summed E-state index contributed by atoms with van der Waals surface area (Å²) in [7, 11) is 0. The molecular weight excluding hydrogens is 267 g/mol. The first-order chi connectivity index (χ1) is 8.93. The zero-order chi connectivity index (χ0) is 15.7. The van der Waals surface area contributed by atoms with E-state index < -0.39 is 18.3 Å². The van der Waals surface area contributed by atoms with Crippen LogP contribution in [0.5, 0.6) is 5.75 Å². The van der Waals surface area contributed by atoms with Crippen LogP contribution in [-0.2, 0) is 5.41 Å². The summed E-state index contributed by atoms with van der Waals surface area (Å²) >= 11 is 0. The Labute approximate surface area is 118 Å². The molecule has 0 fully saturated rings. The lowest BCUT2D eigenvalue weighted by Crippen LogP contribution is -2.47. The first-order valence-corrected chi connectivity index (χ1v) is 6.53. The van der Waals surface area contributed by atoms with E-state index in [1.807, 2.05) is 26.8 Å². The molecule has 0 aliphatic rings. The molecule has 114 valence electrons. The Kier molecular flexibility index (Phi) is 4.74. The summed E-state index contributed by atoms with van der Waals surface area (Å²) in [5.74, 6) is 0.220. The molecule has 0 aromatic heterocycles. The highest BCUT2D eigenvalue weighted by atomic mass is 19.4. The minimum atomic E-state index is -4.48. The average molecular weight is 289 g/mol. The molecule has 0 saturated heterocycles. The van der Waals surface area contributed by atoms with Gasteiger partial charge < -0.3 is 10.5 Å². The van der Waals surface area contributed by atoms with Gasteiger partial charge in [-0.15, -0.1) is 0 Å². The van der Waals surface area contributed by atoms with Crippen LogP contribution in [0.15, 0.2) is 18.2 Å². The summed E-state index contributed by atoms with van der Waals surface area (Å²) < 4.78 is 43.6. The van der Waals surface area contributed by atoms with Gasteiger partial charge in [0.05, 0.1) is 0 Å². The van der Waals surface area contributed by atoms with Crippen LogP contribution in [0.1, 0.15) is 38.8 Å². The normalized spacial score (nSPS) is 15.8. The van der Waals surface area contributed by atoms with E-state index in [1.165, 1.54) is 6.92 Å². The van der Waals surface area contributed by atoms with Crippen molar-refractivity contribution in [3.63, 3.8) is 0 Å². The van der Waals surface area contributed by atoms with Gasteiger partial charge >= 0.3 is 6.18 Å². The fourth-order valence-electron chi connectivity index (χ4n) is 1.86. The lowest BCUT2D eigenvalue weighted by atomic mass is 9.86. The maximum absolute atomic E-state index is 12.9. The second-order valence-corrected chi connectivity index (χ2v) is 6.17. The molecule has 0 heterocycles. The van der Waals surface area contributed by atoms with Crippen molar-refractivity contribution in [2.45, 2.75) is 58.4 Å². The maximum atomic E-state index is 12.9. The van der Waals surface area contributed by atoms with Crippen LogP contribution in [0.4, 0.5) is 13.2 Å². The Morgan fingerprint density at radius 2 is 1.70 bits per heavy atom. The number of nitrogens with two attached hydrogens (primary N) is 1. The SMILES string of the molecule is Cc1cc(C(C)(C)C)ccc1OC(C(C)N)C(F)(F)F. The molecule has 0 aliphatic carbocycles. The van der Waals surface area contributed by atoms with Gasteiger partial charge in [0.1, 0.15) is 5.75 Å². The molecular formula is C15H22F3NO. The largest absolute Gasteiger partial charge is 0.479 e. The molecule has 5 heteroatoms. The smallest absolute Gasteiger partial charge is 0.426 e. The molecule has 20 heavy (non-hydrogen) atoms. The minimum absolute atomic E-state index is 0.0616. The molecule has 1 aromatic rings. The molecule has 1 rings (SSSR count). The molecule has 0 amide bonds. The third-order valence-electron chi connectivity index (χ3n) is 3.10. The van der Waals surface area contributed by atoms with Crippen LogP contribution in [0.3, 0.4) is 0 Å². The Bertz CT molecular complexity index is 461. The van der Waals surface area contributed by atoms with E-state index in [1.54, 1.807) is 19.1 Å². The second kappa shape index (κ2) is 5.64. The van der Waals surface area contributed by atoms with Crippen LogP contribution < -0.4 is 10.5 Å². The summed E-state index contributed by atoms with van der Waals surface area (Å²) in [4.78, 5) is 0. The molecule has 1 aromatic carbocycles. The van der Waals surface area contributed by atoms with Gasteiger partial charge in [-0.2, -0.15) is 13.2 Å². The number of halogens is 3. The molecule has 0 radical (unpaired) electrons. The highest BCUT2D eigenvalue weighted by Crippen LogP contribution is 2.31. The van der Waals surface area contributed by atoms with Gasteiger partial charge in [-0.25, -0.2) is 0 Å². The predicted octanol–water partition coefficient (Wildman–Crippen LogP) is 3.95. The van der Waals surface area contributed by atoms with Crippen molar-refractivity contribution in [2.24, 2.45) is 5.73 Å². The quantitative estimate of drug-likeness (QED) is 0.914. The summed E-state index contributed by atoms with van der Waals surface area (Å²) in [6.07, 6.45) is -6.48.